The molecule has 0 unspecified atom stereocenters. The van der Waals surface area contributed by atoms with E-state index in [1.165, 1.54) is 23.3 Å². The van der Waals surface area contributed by atoms with Gasteiger partial charge in [-0.25, -0.2) is 0 Å². The van der Waals surface area contributed by atoms with Gasteiger partial charge in [-0.15, -0.1) is 11.3 Å². The first kappa shape index (κ1) is 12.1. The van der Waals surface area contributed by atoms with Crippen molar-refractivity contribution in [2.75, 3.05) is 6.54 Å². The second-order valence-electron chi connectivity index (χ2n) is 4.17. The Labute approximate surface area is 104 Å². The van der Waals surface area contributed by atoms with Gasteiger partial charge in [-0.1, -0.05) is 0 Å². The normalized spacial score (nSPS) is 14.1. The number of carbonyl (C=O) groups excluding carboxylic acids is 1. The first-order valence-corrected chi connectivity index (χ1v) is 6.60. The molecule has 0 atom stereocenters. The number of amides is 1. The molecule has 1 aromatic heterocycles. The fourth-order valence-electron chi connectivity index (χ4n) is 1.97. The lowest BCUT2D eigenvalue weighted by Gasteiger charge is -2.08. The molecular formula is C12H15NO3S. The highest BCUT2D eigenvalue weighted by molar-refractivity contribution is 7.14. The minimum atomic E-state index is -0.893. The van der Waals surface area contributed by atoms with E-state index in [0.29, 0.717) is 4.88 Å². The summed E-state index contributed by atoms with van der Waals surface area (Å²) in [4.78, 5) is 24.1. The maximum Gasteiger partial charge on any atom is 0.305 e. The van der Waals surface area contributed by atoms with E-state index in [9.17, 15) is 9.59 Å². The van der Waals surface area contributed by atoms with Crippen molar-refractivity contribution in [1.29, 1.82) is 0 Å². The number of nitrogens with one attached hydrogen (secondary N) is 1. The molecule has 5 heteroatoms. The van der Waals surface area contributed by atoms with Crippen LogP contribution in [-0.4, -0.2) is 23.5 Å². The van der Waals surface area contributed by atoms with Crippen LogP contribution >= 0.6 is 11.3 Å². The first-order valence-electron chi connectivity index (χ1n) is 5.78. The fourth-order valence-corrected chi connectivity index (χ4v) is 3.14. The van der Waals surface area contributed by atoms with Crippen LogP contribution in [0.3, 0.4) is 0 Å². The summed E-state index contributed by atoms with van der Waals surface area (Å²) in [6.45, 7) is 0.191. The number of hydrogen-bond donors (Lipinski definition) is 2. The lowest BCUT2D eigenvalue weighted by molar-refractivity contribution is -0.136. The van der Waals surface area contributed by atoms with E-state index < -0.39 is 5.97 Å². The number of fused-ring (bicyclic) bond motifs is 1. The van der Waals surface area contributed by atoms with E-state index in [-0.39, 0.29) is 18.9 Å². The van der Waals surface area contributed by atoms with Crippen molar-refractivity contribution in [1.82, 2.24) is 5.32 Å². The van der Waals surface area contributed by atoms with Gasteiger partial charge in [0.05, 0.1) is 11.3 Å². The van der Waals surface area contributed by atoms with E-state index >= 15 is 0 Å². The summed E-state index contributed by atoms with van der Waals surface area (Å²) >= 11 is 1.54. The number of aliphatic carboxylic acids is 1. The molecule has 1 heterocycles. The standard InChI is InChI=1S/C12H15NO3S/c14-11(15)5-6-13-12(16)10-7-8-3-1-2-4-9(8)17-10/h7H,1-6H2,(H,13,16)(H,14,15). The van der Waals surface area contributed by atoms with Crippen LogP contribution in [0.5, 0.6) is 0 Å². The first-order chi connectivity index (χ1) is 8.16. The molecule has 2 N–H and O–H groups in total. The van der Waals surface area contributed by atoms with Gasteiger partial charge in [-0.3, -0.25) is 9.59 Å². The largest absolute Gasteiger partial charge is 0.481 e. The zero-order chi connectivity index (χ0) is 12.3. The van der Waals surface area contributed by atoms with Gasteiger partial charge in [-0.2, -0.15) is 0 Å². The van der Waals surface area contributed by atoms with Crippen molar-refractivity contribution < 1.29 is 14.7 Å². The Morgan fingerprint density at radius 1 is 1.35 bits per heavy atom. The molecule has 0 saturated heterocycles. The molecule has 0 radical (unpaired) electrons. The zero-order valence-corrected chi connectivity index (χ0v) is 10.3. The van der Waals surface area contributed by atoms with Gasteiger partial charge in [0.15, 0.2) is 0 Å². The predicted molar refractivity (Wildman–Crippen MR) is 65.5 cm³/mol. The summed E-state index contributed by atoms with van der Waals surface area (Å²) in [6, 6.07) is 1.95. The van der Waals surface area contributed by atoms with Crippen LogP contribution in [0.15, 0.2) is 6.07 Å². The van der Waals surface area contributed by atoms with Crippen LogP contribution in [0.4, 0.5) is 0 Å². The average Bonchev–Trinajstić information content (AvgIpc) is 2.71. The summed E-state index contributed by atoms with van der Waals surface area (Å²) in [6.07, 6.45) is 4.50. The third-order valence-electron chi connectivity index (χ3n) is 2.84. The molecular weight excluding hydrogens is 238 g/mol. The fraction of sp³-hybridized carbons (Fsp3) is 0.500. The summed E-state index contributed by atoms with van der Waals surface area (Å²) in [5.74, 6) is -1.04. The second-order valence-corrected chi connectivity index (χ2v) is 5.30. The maximum atomic E-state index is 11.8. The van der Waals surface area contributed by atoms with Gasteiger partial charge in [0.2, 0.25) is 0 Å². The Morgan fingerprint density at radius 3 is 2.82 bits per heavy atom. The number of rotatable bonds is 4. The Hall–Kier alpha value is -1.36. The monoisotopic (exact) mass is 253 g/mol. The lowest BCUT2D eigenvalue weighted by atomic mass is 9.99. The van der Waals surface area contributed by atoms with E-state index in [2.05, 4.69) is 5.32 Å². The van der Waals surface area contributed by atoms with Crippen LogP contribution in [-0.2, 0) is 17.6 Å². The van der Waals surface area contributed by atoms with Gasteiger partial charge in [-0.05, 0) is 37.3 Å². The number of carbonyl (C=O) groups is 2. The molecule has 17 heavy (non-hydrogen) atoms. The highest BCUT2D eigenvalue weighted by Gasteiger charge is 2.16. The molecule has 0 saturated carbocycles. The van der Waals surface area contributed by atoms with Crippen LogP contribution < -0.4 is 5.32 Å². The van der Waals surface area contributed by atoms with E-state index in [0.717, 1.165) is 12.8 Å². The van der Waals surface area contributed by atoms with Gasteiger partial charge < -0.3 is 10.4 Å². The van der Waals surface area contributed by atoms with Crippen molar-refractivity contribution in [3.05, 3.63) is 21.4 Å². The number of hydrogen-bond acceptors (Lipinski definition) is 3. The minimum absolute atomic E-state index is 0.0309. The third-order valence-corrected chi connectivity index (χ3v) is 4.08. The molecule has 4 nitrogen and oxygen atoms in total. The van der Waals surface area contributed by atoms with Gasteiger partial charge >= 0.3 is 5.97 Å². The third kappa shape index (κ3) is 3.06. The Morgan fingerprint density at radius 2 is 2.12 bits per heavy atom. The summed E-state index contributed by atoms with van der Waals surface area (Å²) in [5.41, 5.74) is 1.30. The van der Waals surface area contributed by atoms with Crippen LogP contribution in [0.2, 0.25) is 0 Å². The number of thiophene rings is 1. The van der Waals surface area contributed by atoms with Gasteiger partial charge in [0.25, 0.3) is 5.91 Å². The Bertz CT molecular complexity index is 415. The van der Waals surface area contributed by atoms with Crippen molar-refractivity contribution in [2.45, 2.75) is 32.1 Å². The predicted octanol–water partition coefficient (Wildman–Crippen LogP) is 1.83. The number of carboxylic acids is 1. The van der Waals surface area contributed by atoms with Crippen LogP contribution in [0.1, 0.15) is 39.4 Å². The highest BCUT2D eigenvalue weighted by Crippen LogP contribution is 2.29. The molecule has 1 aliphatic rings. The summed E-state index contributed by atoms with van der Waals surface area (Å²) in [5, 5.41) is 11.1. The molecule has 0 fully saturated rings. The van der Waals surface area contributed by atoms with E-state index in [1.807, 2.05) is 6.07 Å². The van der Waals surface area contributed by atoms with Crippen LogP contribution in [0, 0.1) is 0 Å². The lowest BCUT2D eigenvalue weighted by Crippen LogP contribution is -2.25. The van der Waals surface area contributed by atoms with Gasteiger partial charge in [0.1, 0.15) is 0 Å². The van der Waals surface area contributed by atoms with Gasteiger partial charge in [0, 0.05) is 11.4 Å². The van der Waals surface area contributed by atoms with Crippen molar-refractivity contribution >= 4 is 23.2 Å². The van der Waals surface area contributed by atoms with Crippen molar-refractivity contribution in [3.63, 3.8) is 0 Å². The van der Waals surface area contributed by atoms with Crippen LogP contribution in [0.25, 0.3) is 0 Å². The quantitative estimate of drug-likeness (QED) is 0.860. The number of carboxylic acid groups (broad SMARTS) is 1. The summed E-state index contributed by atoms with van der Waals surface area (Å²) in [7, 11) is 0. The molecule has 92 valence electrons. The Kier molecular flexibility index (Phi) is 3.78. The molecule has 2 rings (SSSR count). The number of aryl methyl sites for hydroxylation is 2. The molecule has 1 aliphatic carbocycles. The SMILES string of the molecule is O=C(O)CCNC(=O)c1cc2c(s1)CCCC2. The van der Waals surface area contributed by atoms with E-state index in [1.54, 1.807) is 11.3 Å². The van der Waals surface area contributed by atoms with E-state index in [4.69, 9.17) is 5.11 Å². The topological polar surface area (TPSA) is 66.4 Å². The van der Waals surface area contributed by atoms with Crippen molar-refractivity contribution in [2.24, 2.45) is 0 Å². The summed E-state index contributed by atoms with van der Waals surface area (Å²) < 4.78 is 0. The minimum Gasteiger partial charge on any atom is -0.481 e. The van der Waals surface area contributed by atoms with Crippen molar-refractivity contribution in [3.8, 4) is 0 Å². The molecule has 0 aromatic carbocycles. The molecule has 0 spiro atoms. The smallest absolute Gasteiger partial charge is 0.305 e. The average molecular weight is 253 g/mol. The maximum absolute atomic E-state index is 11.8. The molecule has 1 amide bonds. The highest BCUT2D eigenvalue weighted by atomic mass is 32.1. The zero-order valence-electron chi connectivity index (χ0n) is 9.49. The molecule has 0 bridgehead atoms. The molecule has 1 aromatic rings. The molecule has 0 aliphatic heterocycles. The Balaban J connectivity index is 1.95. The second kappa shape index (κ2) is 5.31.